The van der Waals surface area contributed by atoms with E-state index in [4.69, 9.17) is 4.74 Å². The first kappa shape index (κ1) is 19.8. The van der Waals surface area contributed by atoms with Crippen molar-refractivity contribution in [2.24, 2.45) is 5.92 Å². The molecule has 1 aromatic carbocycles. The molecule has 0 aliphatic heterocycles. The largest absolute Gasteiger partial charge is 0.495 e. The summed E-state index contributed by atoms with van der Waals surface area (Å²) in [6.45, 7) is 4.27. The van der Waals surface area contributed by atoms with Crippen molar-refractivity contribution < 1.29 is 9.53 Å². The van der Waals surface area contributed by atoms with Crippen LogP contribution in [-0.2, 0) is 11.2 Å². The van der Waals surface area contributed by atoms with Crippen molar-refractivity contribution in [1.82, 2.24) is 4.98 Å². The normalized spacial score (nSPS) is 10.4. The second-order valence-corrected chi connectivity index (χ2v) is 7.30. The summed E-state index contributed by atoms with van der Waals surface area (Å²) < 4.78 is 5.23. The van der Waals surface area contributed by atoms with Crippen LogP contribution in [0.2, 0.25) is 0 Å². The molecule has 26 heavy (non-hydrogen) atoms. The Morgan fingerprint density at radius 2 is 2.08 bits per heavy atom. The van der Waals surface area contributed by atoms with Gasteiger partial charge < -0.3 is 10.1 Å². The first-order valence-corrected chi connectivity index (χ1v) is 9.47. The number of rotatable bonds is 8. The van der Waals surface area contributed by atoms with Crippen LogP contribution < -0.4 is 10.1 Å². The van der Waals surface area contributed by atoms with Crippen LogP contribution >= 0.6 is 11.8 Å². The van der Waals surface area contributed by atoms with Crippen molar-refractivity contribution in [1.29, 1.82) is 5.26 Å². The molecule has 0 saturated carbocycles. The van der Waals surface area contributed by atoms with Crippen LogP contribution in [0.5, 0.6) is 5.75 Å². The van der Waals surface area contributed by atoms with E-state index in [9.17, 15) is 10.1 Å². The lowest BCUT2D eigenvalue weighted by Crippen LogP contribution is -2.13. The lowest BCUT2D eigenvalue weighted by atomic mass is 10.1. The molecule has 0 aliphatic rings. The first-order valence-electron chi connectivity index (χ1n) is 8.49. The highest BCUT2D eigenvalue weighted by atomic mass is 32.2. The van der Waals surface area contributed by atoms with E-state index in [2.05, 4.69) is 30.2 Å². The fraction of sp³-hybridized carbons (Fsp3) is 0.350. The standard InChI is InChI=1S/C20H23N3O2S/c1-14(2)12-16-9-8-15(13-21)20(22-16)26-11-10-19(24)23-17-6-4-5-7-18(17)25-3/h4-9,14H,10-12H2,1-3H3,(H,23,24). The minimum absolute atomic E-state index is 0.0983. The second-order valence-electron chi connectivity index (χ2n) is 6.21. The van der Waals surface area contributed by atoms with Crippen LogP contribution in [0.3, 0.4) is 0 Å². The van der Waals surface area contributed by atoms with Gasteiger partial charge in [-0.2, -0.15) is 5.26 Å². The van der Waals surface area contributed by atoms with Gasteiger partial charge in [0, 0.05) is 17.9 Å². The molecule has 6 heteroatoms. The molecule has 2 aromatic rings. The molecule has 0 radical (unpaired) electrons. The Hall–Kier alpha value is -2.52. The van der Waals surface area contributed by atoms with Crippen molar-refractivity contribution in [3.63, 3.8) is 0 Å². The quantitative estimate of drug-likeness (QED) is 0.703. The Bertz CT molecular complexity index is 800. The molecule has 0 saturated heterocycles. The molecule has 0 fully saturated rings. The molecule has 0 aliphatic carbocycles. The van der Waals surface area contributed by atoms with Crippen LogP contribution in [0, 0.1) is 17.2 Å². The lowest BCUT2D eigenvalue weighted by molar-refractivity contribution is -0.115. The molecule has 0 unspecified atom stereocenters. The fourth-order valence-corrected chi connectivity index (χ4v) is 3.34. The summed E-state index contributed by atoms with van der Waals surface area (Å²) >= 11 is 1.44. The van der Waals surface area contributed by atoms with Gasteiger partial charge in [-0.25, -0.2) is 4.98 Å². The Morgan fingerprint density at radius 1 is 1.31 bits per heavy atom. The predicted octanol–water partition coefficient (Wildman–Crippen LogP) is 4.28. The number of hydrogen-bond acceptors (Lipinski definition) is 5. The van der Waals surface area contributed by atoms with Crippen molar-refractivity contribution in [2.75, 3.05) is 18.2 Å². The maximum atomic E-state index is 12.2. The number of pyridine rings is 1. The highest BCUT2D eigenvalue weighted by molar-refractivity contribution is 7.99. The number of carbonyl (C=O) groups excluding carboxylic acids is 1. The van der Waals surface area contributed by atoms with Crippen LogP contribution in [0.4, 0.5) is 5.69 Å². The summed E-state index contributed by atoms with van der Waals surface area (Å²) in [5.41, 5.74) is 2.17. The van der Waals surface area contributed by atoms with Gasteiger partial charge in [0.2, 0.25) is 5.91 Å². The van der Waals surface area contributed by atoms with Gasteiger partial charge in [0.25, 0.3) is 0 Å². The van der Waals surface area contributed by atoms with E-state index in [1.54, 1.807) is 19.2 Å². The van der Waals surface area contributed by atoms with E-state index >= 15 is 0 Å². The van der Waals surface area contributed by atoms with Crippen LogP contribution in [0.1, 0.15) is 31.5 Å². The molecule has 0 spiro atoms. The molecule has 1 aromatic heterocycles. The number of hydrogen-bond donors (Lipinski definition) is 1. The van der Waals surface area contributed by atoms with Crippen LogP contribution in [0.25, 0.3) is 0 Å². The summed E-state index contributed by atoms with van der Waals surface area (Å²) in [5, 5.41) is 12.8. The number of aromatic nitrogens is 1. The van der Waals surface area contributed by atoms with Gasteiger partial charge in [-0.05, 0) is 36.6 Å². The van der Waals surface area contributed by atoms with Gasteiger partial charge in [0.05, 0.1) is 18.4 Å². The molecule has 0 bridgehead atoms. The molecule has 136 valence electrons. The molecular formula is C20H23N3O2S. The monoisotopic (exact) mass is 369 g/mol. The average Bonchev–Trinajstić information content (AvgIpc) is 2.62. The van der Waals surface area contributed by atoms with Crippen molar-refractivity contribution in [3.8, 4) is 11.8 Å². The van der Waals surface area contributed by atoms with Gasteiger partial charge in [0.15, 0.2) is 0 Å². The van der Waals surface area contributed by atoms with Gasteiger partial charge in [0.1, 0.15) is 16.8 Å². The first-order chi connectivity index (χ1) is 12.5. The zero-order valence-electron chi connectivity index (χ0n) is 15.3. The number of ether oxygens (including phenoxy) is 1. The number of nitrogens with zero attached hydrogens (tertiary/aromatic N) is 2. The van der Waals surface area contributed by atoms with Gasteiger partial charge in [-0.15, -0.1) is 11.8 Å². The Balaban J connectivity index is 1.94. The number of amides is 1. The number of nitriles is 1. The molecular weight excluding hydrogens is 346 g/mol. The van der Waals surface area contributed by atoms with E-state index in [-0.39, 0.29) is 5.91 Å². The van der Waals surface area contributed by atoms with E-state index in [1.807, 2.05) is 24.3 Å². The SMILES string of the molecule is COc1ccccc1NC(=O)CCSc1nc(CC(C)C)ccc1C#N. The Morgan fingerprint density at radius 3 is 2.77 bits per heavy atom. The highest BCUT2D eigenvalue weighted by Crippen LogP contribution is 2.25. The summed E-state index contributed by atoms with van der Waals surface area (Å²) in [7, 11) is 1.57. The lowest BCUT2D eigenvalue weighted by Gasteiger charge is -2.10. The van der Waals surface area contributed by atoms with Crippen LogP contribution in [-0.4, -0.2) is 23.8 Å². The van der Waals surface area contributed by atoms with Gasteiger partial charge >= 0.3 is 0 Å². The van der Waals surface area contributed by atoms with E-state index in [1.165, 1.54) is 11.8 Å². The van der Waals surface area contributed by atoms with E-state index in [0.717, 1.165) is 12.1 Å². The second kappa shape index (κ2) is 9.83. The topological polar surface area (TPSA) is 75.0 Å². The number of thioether (sulfide) groups is 1. The Labute approximate surface area is 158 Å². The summed E-state index contributed by atoms with van der Waals surface area (Å²) in [4.78, 5) is 16.8. The zero-order valence-corrected chi connectivity index (χ0v) is 16.1. The van der Waals surface area contributed by atoms with Crippen molar-refractivity contribution in [2.45, 2.75) is 31.7 Å². The molecule has 0 atom stereocenters. The Kier molecular flexibility index (Phi) is 7.49. The number of methoxy groups -OCH3 is 1. The summed E-state index contributed by atoms with van der Waals surface area (Å²) in [6, 6.07) is 13.2. The minimum Gasteiger partial charge on any atom is -0.495 e. The average molecular weight is 369 g/mol. The molecule has 1 heterocycles. The van der Waals surface area contributed by atoms with Gasteiger partial charge in [-0.1, -0.05) is 26.0 Å². The number of anilines is 1. The molecule has 5 nitrogen and oxygen atoms in total. The van der Waals surface area contributed by atoms with Crippen molar-refractivity contribution >= 4 is 23.4 Å². The fourth-order valence-electron chi connectivity index (χ4n) is 2.41. The van der Waals surface area contributed by atoms with Crippen molar-refractivity contribution in [3.05, 3.63) is 47.7 Å². The van der Waals surface area contributed by atoms with Crippen LogP contribution in [0.15, 0.2) is 41.4 Å². The van der Waals surface area contributed by atoms with Gasteiger partial charge in [-0.3, -0.25) is 4.79 Å². The number of para-hydroxylation sites is 2. The minimum atomic E-state index is -0.0983. The maximum Gasteiger partial charge on any atom is 0.225 e. The third-order valence-electron chi connectivity index (χ3n) is 3.60. The smallest absolute Gasteiger partial charge is 0.225 e. The predicted molar refractivity (Wildman–Crippen MR) is 104 cm³/mol. The summed E-state index contributed by atoms with van der Waals surface area (Å²) in [5.74, 6) is 1.58. The molecule has 1 amide bonds. The van der Waals surface area contributed by atoms with E-state index in [0.29, 0.717) is 40.1 Å². The number of nitrogens with one attached hydrogen (secondary N) is 1. The molecule has 1 N–H and O–H groups in total. The third-order valence-corrected chi connectivity index (χ3v) is 4.60. The third kappa shape index (κ3) is 5.78. The molecule has 2 rings (SSSR count). The number of carbonyl (C=O) groups is 1. The zero-order chi connectivity index (χ0) is 18.9. The summed E-state index contributed by atoms with van der Waals surface area (Å²) in [6.07, 6.45) is 1.19. The highest BCUT2D eigenvalue weighted by Gasteiger charge is 2.10. The van der Waals surface area contributed by atoms with E-state index < -0.39 is 0 Å². The number of benzene rings is 1. The maximum absolute atomic E-state index is 12.2.